The van der Waals surface area contributed by atoms with Crippen LogP contribution < -0.4 is 0 Å². The van der Waals surface area contributed by atoms with Crippen LogP contribution >= 0.6 is 11.6 Å². The molecule has 2 N–H and O–H groups in total. The number of nitrogens with one attached hydrogen (secondary N) is 1. The molecule has 1 heterocycles. The highest BCUT2D eigenvalue weighted by Crippen LogP contribution is 2.41. The van der Waals surface area contributed by atoms with Crippen molar-refractivity contribution in [3.63, 3.8) is 0 Å². The van der Waals surface area contributed by atoms with Crippen LogP contribution in [0.3, 0.4) is 0 Å². The van der Waals surface area contributed by atoms with Crippen LogP contribution in [0.1, 0.15) is 16.8 Å². The van der Waals surface area contributed by atoms with E-state index in [-0.39, 0.29) is 5.78 Å². The first-order valence-electron chi connectivity index (χ1n) is 5.47. The number of hydrogen-bond donors (Lipinski definition) is 2. The van der Waals surface area contributed by atoms with Crippen molar-refractivity contribution in [2.75, 3.05) is 0 Å². The molecule has 0 amide bonds. The molecule has 1 saturated carbocycles. The lowest BCUT2D eigenvalue weighted by Gasteiger charge is -2.01. The number of Topliss-reactive ketones (excluding diaryl/α,β-unsaturated/α-hetero) is 1. The maximum absolute atomic E-state index is 12.1. The molecule has 0 saturated heterocycles. The smallest absolute Gasteiger partial charge is 0.307 e. The van der Waals surface area contributed by atoms with E-state index in [4.69, 9.17) is 16.7 Å². The molecule has 0 aliphatic heterocycles. The summed E-state index contributed by atoms with van der Waals surface area (Å²) in [7, 11) is 0. The van der Waals surface area contributed by atoms with Gasteiger partial charge in [-0.15, -0.1) is 0 Å². The lowest BCUT2D eigenvalue weighted by Crippen LogP contribution is -2.08. The number of ketones is 1. The van der Waals surface area contributed by atoms with Crippen molar-refractivity contribution >= 4 is 34.3 Å². The van der Waals surface area contributed by atoms with Crippen molar-refractivity contribution in [2.24, 2.45) is 11.8 Å². The van der Waals surface area contributed by atoms with E-state index in [1.54, 1.807) is 18.3 Å². The average Bonchev–Trinajstić information content (AvgIpc) is 2.99. The third-order valence-electron chi connectivity index (χ3n) is 3.23. The van der Waals surface area contributed by atoms with Crippen molar-refractivity contribution in [2.45, 2.75) is 6.42 Å². The maximum atomic E-state index is 12.1. The van der Waals surface area contributed by atoms with Gasteiger partial charge < -0.3 is 5.11 Å². The Kier molecular flexibility index (Phi) is 2.38. The Morgan fingerprint density at radius 3 is 2.83 bits per heavy atom. The highest BCUT2D eigenvalue weighted by molar-refractivity contribution is 6.35. The molecule has 1 aliphatic rings. The number of rotatable bonds is 3. The number of aromatic nitrogens is 2. The second kappa shape index (κ2) is 3.81. The van der Waals surface area contributed by atoms with Gasteiger partial charge in [0.05, 0.1) is 22.7 Å². The molecular weight excluding hydrogens is 256 g/mol. The Morgan fingerprint density at radius 2 is 2.17 bits per heavy atom. The summed E-state index contributed by atoms with van der Waals surface area (Å²) >= 11 is 6.03. The number of carboxylic acids is 1. The fourth-order valence-electron chi connectivity index (χ4n) is 2.13. The van der Waals surface area contributed by atoms with Crippen LogP contribution in [0.4, 0.5) is 0 Å². The van der Waals surface area contributed by atoms with Gasteiger partial charge in [-0.1, -0.05) is 11.6 Å². The monoisotopic (exact) mass is 264 g/mol. The number of hydrogen-bond acceptors (Lipinski definition) is 3. The standard InChI is InChI=1S/C12H9ClN2O3/c13-9-2-5(1-6-4-14-15-10(6)9)11(16)7-3-8(7)12(17)18/h1-2,4,7-8H,3H2,(H,14,15)(H,17,18)/t7-,8-/m0/s1. The fourth-order valence-corrected chi connectivity index (χ4v) is 2.40. The Bertz CT molecular complexity index is 664. The molecule has 0 unspecified atom stereocenters. The molecule has 92 valence electrons. The Hall–Kier alpha value is -1.88. The number of fused-ring (bicyclic) bond motifs is 1. The molecule has 0 bridgehead atoms. The Morgan fingerprint density at radius 1 is 1.39 bits per heavy atom. The predicted molar refractivity (Wildman–Crippen MR) is 64.7 cm³/mol. The van der Waals surface area contributed by atoms with Gasteiger partial charge in [0.2, 0.25) is 0 Å². The summed E-state index contributed by atoms with van der Waals surface area (Å²) in [6, 6.07) is 3.24. The topological polar surface area (TPSA) is 83.0 Å². The molecule has 3 rings (SSSR count). The van der Waals surface area contributed by atoms with E-state index in [0.29, 0.717) is 22.5 Å². The number of carbonyl (C=O) groups is 2. The number of H-pyrrole nitrogens is 1. The van der Waals surface area contributed by atoms with E-state index < -0.39 is 17.8 Å². The first kappa shape index (κ1) is 11.2. The first-order chi connectivity index (χ1) is 8.58. The lowest BCUT2D eigenvalue weighted by atomic mass is 10.0. The summed E-state index contributed by atoms with van der Waals surface area (Å²) in [5.41, 5.74) is 1.13. The second-order valence-corrected chi connectivity index (χ2v) is 4.85. The zero-order chi connectivity index (χ0) is 12.9. The third-order valence-corrected chi connectivity index (χ3v) is 3.53. The first-order valence-corrected chi connectivity index (χ1v) is 5.85. The molecular formula is C12H9ClN2O3. The third kappa shape index (κ3) is 1.67. The fraction of sp³-hybridized carbons (Fsp3) is 0.250. The lowest BCUT2D eigenvalue weighted by molar-refractivity contribution is -0.138. The van der Waals surface area contributed by atoms with Crippen molar-refractivity contribution in [1.29, 1.82) is 0 Å². The van der Waals surface area contributed by atoms with Crippen LogP contribution in [0.2, 0.25) is 5.02 Å². The summed E-state index contributed by atoms with van der Waals surface area (Å²) in [6.45, 7) is 0. The molecule has 18 heavy (non-hydrogen) atoms. The van der Waals surface area contributed by atoms with E-state index in [0.717, 1.165) is 5.39 Å². The molecule has 0 radical (unpaired) electrons. The Labute approximate surface area is 107 Å². The zero-order valence-electron chi connectivity index (χ0n) is 9.18. The number of carbonyl (C=O) groups excluding carboxylic acids is 1. The minimum absolute atomic E-state index is 0.160. The molecule has 6 heteroatoms. The molecule has 1 fully saturated rings. The van der Waals surface area contributed by atoms with Gasteiger partial charge in [-0.2, -0.15) is 5.10 Å². The number of nitrogens with zero attached hydrogens (tertiary/aromatic N) is 1. The average molecular weight is 265 g/mol. The normalized spacial score (nSPS) is 22.1. The van der Waals surface area contributed by atoms with Gasteiger partial charge >= 0.3 is 5.97 Å². The van der Waals surface area contributed by atoms with E-state index in [1.165, 1.54) is 0 Å². The van der Waals surface area contributed by atoms with Gasteiger partial charge in [-0.3, -0.25) is 14.7 Å². The number of carboxylic acid groups (broad SMARTS) is 1. The van der Waals surface area contributed by atoms with Gasteiger partial charge in [0.1, 0.15) is 0 Å². The highest BCUT2D eigenvalue weighted by Gasteiger charge is 2.48. The van der Waals surface area contributed by atoms with Crippen LogP contribution in [0.15, 0.2) is 18.3 Å². The number of halogens is 1. The highest BCUT2D eigenvalue weighted by atomic mass is 35.5. The summed E-state index contributed by atoms with van der Waals surface area (Å²) in [6.07, 6.45) is 1.99. The SMILES string of the molecule is O=C(O)[C@H]1C[C@@H]1C(=O)c1cc(Cl)c2[nH]ncc2c1. The van der Waals surface area contributed by atoms with Crippen molar-refractivity contribution in [3.05, 3.63) is 28.9 Å². The molecule has 1 aromatic carbocycles. The molecule has 2 aromatic rings. The van der Waals surface area contributed by atoms with Gasteiger partial charge in [0, 0.05) is 16.9 Å². The molecule has 1 aliphatic carbocycles. The maximum Gasteiger partial charge on any atom is 0.307 e. The van der Waals surface area contributed by atoms with Crippen LogP contribution in [0.5, 0.6) is 0 Å². The van der Waals surface area contributed by atoms with E-state index >= 15 is 0 Å². The second-order valence-electron chi connectivity index (χ2n) is 4.44. The predicted octanol–water partition coefficient (Wildman–Crippen LogP) is 2.12. The van der Waals surface area contributed by atoms with Crippen LogP contribution in [0, 0.1) is 11.8 Å². The van der Waals surface area contributed by atoms with Crippen LogP contribution in [-0.2, 0) is 4.79 Å². The van der Waals surface area contributed by atoms with E-state index in [2.05, 4.69) is 10.2 Å². The van der Waals surface area contributed by atoms with Crippen molar-refractivity contribution < 1.29 is 14.7 Å². The quantitative estimate of drug-likeness (QED) is 0.832. The van der Waals surface area contributed by atoms with Crippen LogP contribution in [-0.4, -0.2) is 27.1 Å². The Balaban J connectivity index is 1.95. The number of aromatic amines is 1. The van der Waals surface area contributed by atoms with Crippen LogP contribution in [0.25, 0.3) is 10.9 Å². The molecule has 1 aromatic heterocycles. The van der Waals surface area contributed by atoms with E-state index in [9.17, 15) is 9.59 Å². The number of benzene rings is 1. The minimum Gasteiger partial charge on any atom is -0.481 e. The van der Waals surface area contributed by atoms with Gasteiger partial charge in [-0.05, 0) is 18.6 Å². The van der Waals surface area contributed by atoms with Gasteiger partial charge in [0.25, 0.3) is 0 Å². The summed E-state index contributed by atoms with van der Waals surface area (Å²) in [5.74, 6) is -2.03. The summed E-state index contributed by atoms with van der Waals surface area (Å²) < 4.78 is 0. The summed E-state index contributed by atoms with van der Waals surface area (Å²) in [5, 5.41) is 16.6. The number of aliphatic carboxylic acids is 1. The largest absolute Gasteiger partial charge is 0.481 e. The van der Waals surface area contributed by atoms with Crippen molar-refractivity contribution in [3.8, 4) is 0 Å². The van der Waals surface area contributed by atoms with Gasteiger partial charge in [-0.25, -0.2) is 0 Å². The molecule has 2 atom stereocenters. The summed E-state index contributed by atoms with van der Waals surface area (Å²) in [4.78, 5) is 22.8. The molecule has 5 nitrogen and oxygen atoms in total. The molecule has 0 spiro atoms. The van der Waals surface area contributed by atoms with Crippen molar-refractivity contribution in [1.82, 2.24) is 10.2 Å². The minimum atomic E-state index is -0.913. The van der Waals surface area contributed by atoms with Gasteiger partial charge in [0.15, 0.2) is 5.78 Å². The zero-order valence-corrected chi connectivity index (χ0v) is 9.94. The van der Waals surface area contributed by atoms with E-state index in [1.807, 2.05) is 0 Å².